The van der Waals surface area contributed by atoms with Crippen LogP contribution < -0.4 is 0 Å². The Bertz CT molecular complexity index is 765. The van der Waals surface area contributed by atoms with Crippen LogP contribution in [0.4, 0.5) is 4.39 Å². The maximum Gasteiger partial charge on any atom is 0.185 e. The molecular formula is C17H13FN2O. The number of imidazole rings is 1. The van der Waals surface area contributed by atoms with Crippen LogP contribution >= 0.6 is 0 Å². The zero-order valence-electron chi connectivity index (χ0n) is 11.2. The van der Waals surface area contributed by atoms with Gasteiger partial charge in [0.2, 0.25) is 0 Å². The van der Waals surface area contributed by atoms with Crippen LogP contribution in [0.15, 0.2) is 67.0 Å². The summed E-state index contributed by atoms with van der Waals surface area (Å²) in [5.74, 6) is -0.0764. The minimum absolute atomic E-state index is 0.0607. The molecule has 21 heavy (non-hydrogen) atoms. The van der Waals surface area contributed by atoms with Gasteiger partial charge in [-0.25, -0.2) is 9.37 Å². The molecule has 0 saturated heterocycles. The van der Waals surface area contributed by atoms with Crippen LogP contribution in [-0.2, 0) is 6.54 Å². The largest absolute Gasteiger partial charge is 0.323 e. The summed E-state index contributed by atoms with van der Waals surface area (Å²) in [5.41, 5.74) is 1.02. The van der Waals surface area contributed by atoms with E-state index in [2.05, 4.69) is 4.98 Å². The van der Waals surface area contributed by atoms with Crippen molar-refractivity contribution >= 4 is 5.78 Å². The Balaban J connectivity index is 1.89. The molecule has 0 atom stereocenters. The number of Topliss-reactive ketones (excluding diaryl/α,β-unsaturated/α-hetero) is 1. The summed E-state index contributed by atoms with van der Waals surface area (Å²) in [6.07, 6.45) is 3.36. The Morgan fingerprint density at radius 2 is 1.76 bits per heavy atom. The minimum Gasteiger partial charge on any atom is -0.323 e. The topological polar surface area (TPSA) is 34.9 Å². The van der Waals surface area contributed by atoms with Gasteiger partial charge >= 0.3 is 0 Å². The number of hydrogen-bond donors (Lipinski definition) is 0. The zero-order valence-corrected chi connectivity index (χ0v) is 11.2. The Morgan fingerprint density at radius 1 is 1.05 bits per heavy atom. The van der Waals surface area contributed by atoms with Crippen molar-refractivity contribution in [3.8, 4) is 11.4 Å². The molecular weight excluding hydrogens is 267 g/mol. The average molecular weight is 280 g/mol. The highest BCUT2D eigenvalue weighted by Gasteiger charge is 2.14. The highest BCUT2D eigenvalue weighted by atomic mass is 19.1. The number of benzene rings is 2. The Morgan fingerprint density at radius 3 is 2.52 bits per heavy atom. The summed E-state index contributed by atoms with van der Waals surface area (Å²) in [6, 6.07) is 15.6. The molecule has 2 aromatic carbocycles. The third kappa shape index (κ3) is 2.74. The molecule has 104 valence electrons. The van der Waals surface area contributed by atoms with E-state index in [-0.39, 0.29) is 17.9 Å². The Labute approximate surface area is 121 Å². The second-order valence-electron chi connectivity index (χ2n) is 4.65. The quantitative estimate of drug-likeness (QED) is 0.685. The normalized spacial score (nSPS) is 10.5. The van der Waals surface area contributed by atoms with Crippen molar-refractivity contribution in [2.75, 3.05) is 0 Å². The molecule has 3 nitrogen and oxygen atoms in total. The van der Waals surface area contributed by atoms with Crippen LogP contribution in [0.5, 0.6) is 0 Å². The second-order valence-corrected chi connectivity index (χ2v) is 4.65. The van der Waals surface area contributed by atoms with E-state index in [0.29, 0.717) is 5.82 Å². The van der Waals surface area contributed by atoms with E-state index in [9.17, 15) is 9.18 Å². The smallest absolute Gasteiger partial charge is 0.185 e. The van der Waals surface area contributed by atoms with Gasteiger partial charge in [0.15, 0.2) is 5.78 Å². The van der Waals surface area contributed by atoms with E-state index < -0.39 is 5.82 Å². The third-order valence-electron chi connectivity index (χ3n) is 3.24. The first-order chi connectivity index (χ1) is 10.3. The molecule has 0 aliphatic carbocycles. The Hall–Kier alpha value is -2.75. The van der Waals surface area contributed by atoms with Crippen molar-refractivity contribution in [1.29, 1.82) is 0 Å². The number of rotatable bonds is 4. The highest BCUT2D eigenvalue weighted by Crippen LogP contribution is 2.18. The van der Waals surface area contributed by atoms with E-state index >= 15 is 0 Å². The third-order valence-corrected chi connectivity index (χ3v) is 3.24. The molecule has 0 aliphatic heterocycles. The van der Waals surface area contributed by atoms with Gasteiger partial charge < -0.3 is 4.57 Å². The van der Waals surface area contributed by atoms with Crippen molar-refractivity contribution in [2.24, 2.45) is 0 Å². The number of aromatic nitrogens is 2. The SMILES string of the molecule is O=C(Cn1ccnc1-c1ccccc1)c1ccccc1F. The molecule has 1 aromatic heterocycles. The van der Waals surface area contributed by atoms with Crippen molar-refractivity contribution < 1.29 is 9.18 Å². The van der Waals surface area contributed by atoms with Crippen LogP contribution in [0.1, 0.15) is 10.4 Å². The zero-order chi connectivity index (χ0) is 14.7. The molecule has 0 radical (unpaired) electrons. The monoisotopic (exact) mass is 280 g/mol. The van der Waals surface area contributed by atoms with Crippen LogP contribution in [0.2, 0.25) is 0 Å². The molecule has 3 rings (SSSR count). The maximum atomic E-state index is 13.6. The van der Waals surface area contributed by atoms with E-state index in [1.54, 1.807) is 29.1 Å². The maximum absolute atomic E-state index is 13.6. The van der Waals surface area contributed by atoms with Crippen molar-refractivity contribution in [2.45, 2.75) is 6.54 Å². The van der Waals surface area contributed by atoms with E-state index in [4.69, 9.17) is 0 Å². The predicted octanol–water partition coefficient (Wildman–Crippen LogP) is 3.57. The van der Waals surface area contributed by atoms with Gasteiger partial charge in [-0.1, -0.05) is 42.5 Å². The lowest BCUT2D eigenvalue weighted by atomic mass is 10.1. The standard InChI is InChI=1S/C17H13FN2O/c18-15-9-5-4-8-14(15)16(21)12-20-11-10-19-17(20)13-6-2-1-3-7-13/h1-11H,12H2. The first kappa shape index (κ1) is 13.2. The summed E-state index contributed by atoms with van der Waals surface area (Å²) in [7, 11) is 0. The highest BCUT2D eigenvalue weighted by molar-refractivity contribution is 5.96. The van der Waals surface area contributed by atoms with E-state index in [1.165, 1.54) is 12.1 Å². The molecule has 0 unspecified atom stereocenters. The van der Waals surface area contributed by atoms with Crippen LogP contribution in [0.25, 0.3) is 11.4 Å². The molecule has 0 amide bonds. The summed E-state index contributed by atoms with van der Waals surface area (Å²) >= 11 is 0. The van der Waals surface area contributed by atoms with Gasteiger partial charge in [-0.15, -0.1) is 0 Å². The van der Waals surface area contributed by atoms with Crippen LogP contribution in [0, 0.1) is 5.82 Å². The van der Waals surface area contributed by atoms with Gasteiger partial charge in [0.05, 0.1) is 12.1 Å². The number of nitrogens with zero attached hydrogens (tertiary/aromatic N) is 2. The molecule has 0 bridgehead atoms. The molecule has 3 aromatic rings. The lowest BCUT2D eigenvalue weighted by Crippen LogP contribution is -2.12. The molecule has 1 heterocycles. The fourth-order valence-electron chi connectivity index (χ4n) is 2.21. The van der Waals surface area contributed by atoms with Gasteiger partial charge in [0.25, 0.3) is 0 Å². The van der Waals surface area contributed by atoms with Gasteiger partial charge in [-0.05, 0) is 12.1 Å². The van der Waals surface area contributed by atoms with E-state index in [0.717, 1.165) is 5.56 Å². The van der Waals surface area contributed by atoms with E-state index in [1.807, 2.05) is 30.3 Å². The first-order valence-electron chi connectivity index (χ1n) is 6.60. The lowest BCUT2D eigenvalue weighted by Gasteiger charge is -2.08. The number of carbonyl (C=O) groups is 1. The second kappa shape index (κ2) is 5.71. The molecule has 0 saturated carbocycles. The van der Waals surface area contributed by atoms with Crippen molar-refractivity contribution in [3.63, 3.8) is 0 Å². The summed E-state index contributed by atoms with van der Waals surface area (Å²) in [4.78, 5) is 16.5. The fraction of sp³-hybridized carbons (Fsp3) is 0.0588. The number of ketones is 1. The lowest BCUT2D eigenvalue weighted by molar-refractivity contribution is 0.0968. The molecule has 4 heteroatoms. The van der Waals surface area contributed by atoms with Gasteiger partial charge in [-0.3, -0.25) is 4.79 Å². The molecule has 0 fully saturated rings. The summed E-state index contributed by atoms with van der Waals surface area (Å²) in [6.45, 7) is 0.0607. The van der Waals surface area contributed by atoms with Gasteiger partial charge in [0.1, 0.15) is 11.6 Å². The number of hydrogen-bond acceptors (Lipinski definition) is 2. The summed E-state index contributed by atoms with van der Waals surface area (Å²) < 4.78 is 15.4. The van der Waals surface area contributed by atoms with Gasteiger partial charge in [0, 0.05) is 18.0 Å². The average Bonchev–Trinajstić information content (AvgIpc) is 2.96. The van der Waals surface area contributed by atoms with Crippen molar-refractivity contribution in [3.05, 3.63) is 78.4 Å². The number of halogens is 1. The summed E-state index contributed by atoms with van der Waals surface area (Å²) in [5, 5.41) is 0. The van der Waals surface area contributed by atoms with Crippen molar-refractivity contribution in [1.82, 2.24) is 9.55 Å². The first-order valence-corrected chi connectivity index (χ1v) is 6.60. The van der Waals surface area contributed by atoms with Gasteiger partial charge in [-0.2, -0.15) is 0 Å². The minimum atomic E-state index is -0.496. The molecule has 0 N–H and O–H groups in total. The molecule has 0 spiro atoms. The van der Waals surface area contributed by atoms with Crippen LogP contribution in [-0.4, -0.2) is 15.3 Å². The number of carbonyl (C=O) groups excluding carboxylic acids is 1. The van der Waals surface area contributed by atoms with Crippen LogP contribution in [0.3, 0.4) is 0 Å². The molecule has 0 aliphatic rings. The fourth-order valence-corrected chi connectivity index (χ4v) is 2.21. The Kier molecular flexibility index (Phi) is 3.60. The predicted molar refractivity (Wildman–Crippen MR) is 78.4 cm³/mol.